The standard InChI is InChI=1S/C35H31NO4/c37-35(36-23-29-14-7-17-32(20-29)38-24-27-10-3-1-4-11-27)31-16-9-19-34(22-31)40-26-30-15-8-18-33(21-30)39-25-28-12-5-2-6-13-28/h1-22H,23-26H2,(H,36,37). The minimum atomic E-state index is -0.169. The second-order valence-corrected chi connectivity index (χ2v) is 9.34. The van der Waals surface area contributed by atoms with E-state index in [1.54, 1.807) is 12.1 Å². The predicted octanol–water partition coefficient (Wildman–Crippen LogP) is 7.35. The fraction of sp³-hybridized carbons (Fsp3) is 0.114. The fourth-order valence-electron chi connectivity index (χ4n) is 4.13. The van der Waals surface area contributed by atoms with Crippen molar-refractivity contribution in [3.8, 4) is 17.2 Å². The molecule has 5 aromatic rings. The van der Waals surface area contributed by atoms with Gasteiger partial charge in [-0.2, -0.15) is 0 Å². The number of amides is 1. The molecule has 0 aliphatic carbocycles. The van der Waals surface area contributed by atoms with Crippen molar-refractivity contribution in [2.75, 3.05) is 0 Å². The summed E-state index contributed by atoms with van der Waals surface area (Å²) in [7, 11) is 0. The van der Waals surface area contributed by atoms with E-state index in [-0.39, 0.29) is 5.91 Å². The first-order chi connectivity index (χ1) is 19.7. The second kappa shape index (κ2) is 13.7. The van der Waals surface area contributed by atoms with Crippen LogP contribution in [0.4, 0.5) is 0 Å². The first-order valence-electron chi connectivity index (χ1n) is 13.2. The summed E-state index contributed by atoms with van der Waals surface area (Å²) in [5, 5.41) is 2.99. The number of rotatable bonds is 12. The fourth-order valence-corrected chi connectivity index (χ4v) is 4.13. The van der Waals surface area contributed by atoms with Crippen LogP contribution in [-0.2, 0) is 26.4 Å². The number of carbonyl (C=O) groups is 1. The van der Waals surface area contributed by atoms with Crippen LogP contribution in [0.2, 0.25) is 0 Å². The highest BCUT2D eigenvalue weighted by atomic mass is 16.5. The largest absolute Gasteiger partial charge is 0.489 e. The molecule has 0 fully saturated rings. The highest BCUT2D eigenvalue weighted by Crippen LogP contribution is 2.20. The van der Waals surface area contributed by atoms with E-state index in [9.17, 15) is 4.79 Å². The number of hydrogen-bond donors (Lipinski definition) is 1. The second-order valence-electron chi connectivity index (χ2n) is 9.34. The maximum Gasteiger partial charge on any atom is 0.251 e. The van der Waals surface area contributed by atoms with Gasteiger partial charge in [-0.05, 0) is 64.7 Å². The molecule has 1 N–H and O–H groups in total. The Kier molecular flexibility index (Phi) is 9.08. The van der Waals surface area contributed by atoms with Gasteiger partial charge in [0, 0.05) is 12.1 Å². The molecule has 0 heterocycles. The van der Waals surface area contributed by atoms with E-state index in [0.29, 0.717) is 37.7 Å². The predicted molar refractivity (Wildman–Crippen MR) is 156 cm³/mol. The number of hydrogen-bond acceptors (Lipinski definition) is 4. The highest BCUT2D eigenvalue weighted by molar-refractivity contribution is 5.94. The van der Waals surface area contributed by atoms with Crippen LogP contribution in [0.1, 0.15) is 32.6 Å². The Morgan fingerprint density at radius 2 is 0.925 bits per heavy atom. The summed E-state index contributed by atoms with van der Waals surface area (Å²) in [6, 6.07) is 42.9. The Morgan fingerprint density at radius 3 is 1.52 bits per heavy atom. The smallest absolute Gasteiger partial charge is 0.251 e. The van der Waals surface area contributed by atoms with Gasteiger partial charge in [-0.3, -0.25) is 4.79 Å². The summed E-state index contributed by atoms with van der Waals surface area (Å²) in [4.78, 5) is 12.9. The molecule has 200 valence electrons. The van der Waals surface area contributed by atoms with Crippen LogP contribution >= 0.6 is 0 Å². The monoisotopic (exact) mass is 529 g/mol. The van der Waals surface area contributed by atoms with Gasteiger partial charge in [-0.1, -0.05) is 91.0 Å². The van der Waals surface area contributed by atoms with Crippen molar-refractivity contribution in [1.82, 2.24) is 5.32 Å². The normalized spacial score (nSPS) is 10.5. The third kappa shape index (κ3) is 7.98. The maximum absolute atomic E-state index is 12.9. The Morgan fingerprint density at radius 1 is 0.475 bits per heavy atom. The number of benzene rings is 5. The van der Waals surface area contributed by atoms with Crippen LogP contribution in [0, 0.1) is 0 Å². The molecule has 0 saturated carbocycles. The summed E-state index contributed by atoms with van der Waals surface area (Å²) < 4.78 is 17.8. The first-order valence-corrected chi connectivity index (χ1v) is 13.2. The average molecular weight is 530 g/mol. The number of nitrogens with one attached hydrogen (secondary N) is 1. The minimum absolute atomic E-state index is 0.169. The van der Waals surface area contributed by atoms with Gasteiger partial charge in [0.15, 0.2) is 0 Å². The van der Waals surface area contributed by atoms with Gasteiger partial charge < -0.3 is 19.5 Å². The SMILES string of the molecule is O=C(NCc1cccc(OCc2ccccc2)c1)c1cccc(OCc2cccc(OCc3ccccc3)c2)c1. The van der Waals surface area contributed by atoms with Crippen molar-refractivity contribution >= 4 is 5.91 Å². The summed E-state index contributed by atoms with van der Waals surface area (Å²) >= 11 is 0. The van der Waals surface area contributed by atoms with Gasteiger partial charge in [0.25, 0.3) is 5.91 Å². The van der Waals surface area contributed by atoms with E-state index < -0.39 is 0 Å². The average Bonchev–Trinajstić information content (AvgIpc) is 3.02. The molecule has 0 aliphatic rings. The molecule has 40 heavy (non-hydrogen) atoms. The molecular weight excluding hydrogens is 498 g/mol. The van der Waals surface area contributed by atoms with E-state index >= 15 is 0 Å². The maximum atomic E-state index is 12.9. The summed E-state index contributed by atoms with van der Waals surface area (Å²) in [6.07, 6.45) is 0. The molecular formula is C35H31NO4. The lowest BCUT2D eigenvalue weighted by atomic mass is 10.1. The summed E-state index contributed by atoms with van der Waals surface area (Å²) in [5.41, 5.74) is 4.69. The van der Waals surface area contributed by atoms with Gasteiger partial charge in [0.1, 0.15) is 37.1 Å². The topological polar surface area (TPSA) is 56.8 Å². The van der Waals surface area contributed by atoms with Crippen LogP contribution in [0.5, 0.6) is 17.2 Å². The van der Waals surface area contributed by atoms with Crippen LogP contribution in [0.25, 0.3) is 0 Å². The van der Waals surface area contributed by atoms with Crippen molar-refractivity contribution in [2.24, 2.45) is 0 Å². The van der Waals surface area contributed by atoms with Crippen LogP contribution in [-0.4, -0.2) is 5.91 Å². The molecule has 5 aromatic carbocycles. The van der Waals surface area contributed by atoms with Crippen molar-refractivity contribution in [1.29, 1.82) is 0 Å². The lowest BCUT2D eigenvalue weighted by Crippen LogP contribution is -2.22. The van der Waals surface area contributed by atoms with Crippen molar-refractivity contribution < 1.29 is 19.0 Å². The molecule has 0 atom stereocenters. The Labute approximate surface area is 235 Å². The molecule has 5 heteroatoms. The van der Waals surface area contributed by atoms with E-state index in [1.807, 2.05) is 121 Å². The first kappa shape index (κ1) is 26.6. The van der Waals surface area contributed by atoms with Crippen LogP contribution in [0.15, 0.2) is 133 Å². The molecule has 0 aromatic heterocycles. The van der Waals surface area contributed by atoms with Gasteiger partial charge in [-0.25, -0.2) is 0 Å². The van der Waals surface area contributed by atoms with Gasteiger partial charge >= 0.3 is 0 Å². The molecule has 5 rings (SSSR count). The van der Waals surface area contributed by atoms with E-state index in [0.717, 1.165) is 33.8 Å². The van der Waals surface area contributed by atoms with Crippen LogP contribution in [0.3, 0.4) is 0 Å². The molecule has 0 aliphatic heterocycles. The van der Waals surface area contributed by atoms with Gasteiger partial charge in [0.2, 0.25) is 0 Å². The Hall–Kier alpha value is -5.03. The summed E-state index contributed by atoms with van der Waals surface area (Å²) in [6.45, 7) is 1.76. The molecule has 0 unspecified atom stereocenters. The highest BCUT2D eigenvalue weighted by Gasteiger charge is 2.08. The summed E-state index contributed by atoms with van der Waals surface area (Å²) in [5.74, 6) is 2.00. The lowest BCUT2D eigenvalue weighted by Gasteiger charge is -2.11. The number of ether oxygens (including phenoxy) is 3. The minimum Gasteiger partial charge on any atom is -0.489 e. The molecule has 0 radical (unpaired) electrons. The third-order valence-electron chi connectivity index (χ3n) is 6.25. The quantitative estimate of drug-likeness (QED) is 0.184. The zero-order valence-electron chi connectivity index (χ0n) is 22.2. The molecule has 5 nitrogen and oxygen atoms in total. The van der Waals surface area contributed by atoms with Crippen LogP contribution < -0.4 is 19.5 Å². The van der Waals surface area contributed by atoms with Crippen molar-refractivity contribution in [3.63, 3.8) is 0 Å². The van der Waals surface area contributed by atoms with E-state index in [2.05, 4.69) is 5.32 Å². The van der Waals surface area contributed by atoms with Crippen molar-refractivity contribution in [3.05, 3.63) is 161 Å². The van der Waals surface area contributed by atoms with Gasteiger partial charge in [0.05, 0.1) is 0 Å². The molecule has 1 amide bonds. The zero-order chi connectivity index (χ0) is 27.4. The van der Waals surface area contributed by atoms with E-state index in [4.69, 9.17) is 14.2 Å². The van der Waals surface area contributed by atoms with Crippen molar-refractivity contribution in [2.45, 2.75) is 26.4 Å². The third-order valence-corrected chi connectivity index (χ3v) is 6.25. The number of carbonyl (C=O) groups excluding carboxylic acids is 1. The van der Waals surface area contributed by atoms with E-state index in [1.165, 1.54) is 0 Å². The lowest BCUT2D eigenvalue weighted by molar-refractivity contribution is 0.0950. The molecule has 0 spiro atoms. The zero-order valence-corrected chi connectivity index (χ0v) is 22.2. The Balaban J connectivity index is 1.11. The van der Waals surface area contributed by atoms with Gasteiger partial charge in [-0.15, -0.1) is 0 Å². The Bertz CT molecular complexity index is 1520. The molecule has 0 saturated heterocycles. The molecule has 0 bridgehead atoms.